The van der Waals surface area contributed by atoms with Crippen LogP contribution in [0.25, 0.3) is 0 Å². The fourth-order valence-electron chi connectivity index (χ4n) is 9.88. The second-order valence-electron chi connectivity index (χ2n) is 22.0. The Balaban J connectivity index is 0.00000270. The van der Waals surface area contributed by atoms with Crippen molar-refractivity contribution in [1.29, 1.82) is 0 Å². The Morgan fingerprint density at radius 2 is 0.390 bits per heavy atom. The molecule has 3 rings (SSSR count). The molecule has 0 atom stereocenters. The molecule has 0 N–H and O–H groups in total. The Morgan fingerprint density at radius 1 is 0.247 bits per heavy atom. The van der Waals surface area contributed by atoms with E-state index in [1.807, 2.05) is 0 Å². The Bertz CT molecular complexity index is 1570. The molecule has 3 aromatic carbocycles. The number of ether oxygens (including phenoxy) is 3. The summed E-state index contributed by atoms with van der Waals surface area (Å²) in [5, 5.41) is 0. The summed E-state index contributed by atoms with van der Waals surface area (Å²) >= 11 is -11.2. The number of rotatable bonds is 51. The molecule has 0 aliphatic rings. The van der Waals surface area contributed by atoms with Crippen LogP contribution in [0, 0.1) is 0 Å². The van der Waals surface area contributed by atoms with Gasteiger partial charge in [0.25, 0.3) is 0 Å². The zero-order valence-electron chi connectivity index (χ0n) is 49.1. The van der Waals surface area contributed by atoms with E-state index in [9.17, 15) is 16.9 Å². The molecule has 0 fully saturated rings. The van der Waals surface area contributed by atoms with Gasteiger partial charge in [0.1, 0.15) is 17.2 Å². The van der Waals surface area contributed by atoms with Gasteiger partial charge in [-0.2, -0.15) is 0 Å². The molecule has 0 spiro atoms. The molecular weight excluding hydrogens is 1110 g/mol. The first-order chi connectivity index (χ1) is 37.2. The molecule has 0 saturated carbocycles. The van der Waals surface area contributed by atoms with Gasteiger partial charge in [-0.15, -0.1) is 0 Å². The third-order valence-electron chi connectivity index (χ3n) is 14.5. The van der Waals surface area contributed by atoms with E-state index >= 15 is 0 Å². The van der Waals surface area contributed by atoms with Gasteiger partial charge in [-0.1, -0.05) is 271 Å². The maximum absolute atomic E-state index is 11.2. The van der Waals surface area contributed by atoms with Gasteiger partial charge < -0.3 is 14.2 Å². The molecule has 3 nitrogen and oxygen atoms in total. The van der Waals surface area contributed by atoms with Crippen molar-refractivity contribution in [2.24, 2.45) is 0 Å². The van der Waals surface area contributed by atoms with E-state index < -0.39 is 19.5 Å². The standard InChI is InChI=1S/C66H111O3S.6FH.Sb/c1-4-7-10-13-16-19-22-25-28-31-34-37-40-43-58-67-61-46-52-64(53-47-61)70(65-54-48-62(49-55-65)68-59-44-41-38-35-32-29-26-23-20-17-14-11-8-5-2)66-56-50-63(51-57-66)69-60-45-42-39-36-33-30-27-24-21-18-15-12-9-6-3;;;;;;;/h46-57H,4-45,58-60H2,1-3H3;6*1H;/q+1;;;;;;;+5/p-6. The van der Waals surface area contributed by atoms with Crippen molar-refractivity contribution in [2.75, 3.05) is 19.8 Å². The monoisotopic (exact) mass is 1220 g/mol. The molecule has 0 radical (unpaired) electrons. The quantitative estimate of drug-likeness (QED) is 0.0244. The van der Waals surface area contributed by atoms with Crippen LogP contribution in [-0.2, 0) is 10.9 Å². The van der Waals surface area contributed by atoms with Gasteiger partial charge in [-0.3, -0.25) is 0 Å². The summed E-state index contributed by atoms with van der Waals surface area (Å²) in [5.41, 5.74) is 0. The molecule has 0 aromatic heterocycles. The van der Waals surface area contributed by atoms with Crippen LogP contribution in [-0.4, -0.2) is 39.3 Å². The van der Waals surface area contributed by atoms with Gasteiger partial charge in [-0.25, -0.2) is 0 Å². The van der Waals surface area contributed by atoms with Gasteiger partial charge in [0.15, 0.2) is 14.7 Å². The number of halogens is 6. The van der Waals surface area contributed by atoms with Crippen molar-refractivity contribution >= 4 is 30.4 Å². The van der Waals surface area contributed by atoms with Crippen LogP contribution >= 0.6 is 0 Å². The number of unbranched alkanes of at least 4 members (excludes halogenated alkanes) is 39. The number of hydrogen-bond acceptors (Lipinski definition) is 3. The molecule has 0 saturated heterocycles. The van der Waals surface area contributed by atoms with E-state index in [2.05, 4.69) is 93.6 Å². The van der Waals surface area contributed by atoms with Crippen LogP contribution in [0.15, 0.2) is 87.5 Å². The molecular formula is C66H111F6O3SSb. The predicted molar refractivity (Wildman–Crippen MR) is 321 cm³/mol. The van der Waals surface area contributed by atoms with E-state index in [1.54, 1.807) is 0 Å². The van der Waals surface area contributed by atoms with Crippen molar-refractivity contribution in [3.05, 3.63) is 72.8 Å². The van der Waals surface area contributed by atoms with Crippen LogP contribution in [0.5, 0.6) is 17.2 Å². The van der Waals surface area contributed by atoms with Crippen LogP contribution in [0.3, 0.4) is 0 Å². The van der Waals surface area contributed by atoms with E-state index in [0.29, 0.717) is 0 Å². The normalized spacial score (nSPS) is 12.5. The van der Waals surface area contributed by atoms with Gasteiger partial charge in [0.2, 0.25) is 0 Å². The molecule has 0 aliphatic carbocycles. The Labute approximate surface area is 473 Å². The van der Waals surface area contributed by atoms with E-state index in [-0.39, 0.29) is 10.9 Å². The third-order valence-corrected chi connectivity index (χ3v) is 16.7. The van der Waals surface area contributed by atoms with E-state index in [1.165, 1.54) is 265 Å². The van der Waals surface area contributed by atoms with Crippen LogP contribution in [0.4, 0.5) is 16.9 Å². The van der Waals surface area contributed by atoms with Crippen molar-refractivity contribution in [3.8, 4) is 17.2 Å². The first kappa shape index (κ1) is 70.9. The average molecular weight is 1220 g/mol. The summed E-state index contributed by atoms with van der Waals surface area (Å²) in [7, 11) is -0.258. The molecule has 446 valence electrons. The molecule has 0 heterocycles. The Morgan fingerprint density at radius 3 is 0.545 bits per heavy atom. The Hall–Kier alpha value is -2.19. The van der Waals surface area contributed by atoms with Gasteiger partial charge in [-0.05, 0) is 92.1 Å². The molecule has 11 heteroatoms. The zero-order valence-corrected chi connectivity index (χ0v) is 52.5. The SMILES string of the molecule is CCCCCCCCCCCCCCCCOc1ccc([S+](c2ccc(OCCCCCCCCCCCCCCCC)cc2)c2ccc(OCCCCCCCCCCCCCCCC)cc2)cc1.[F][Sb-]([F])([F])([F])([F])[F]. The third kappa shape index (κ3) is 46.2. The van der Waals surface area contributed by atoms with E-state index in [4.69, 9.17) is 14.2 Å². The van der Waals surface area contributed by atoms with E-state index in [0.717, 1.165) is 56.3 Å². The number of hydrogen-bond donors (Lipinski definition) is 0. The van der Waals surface area contributed by atoms with Crippen LogP contribution in [0.1, 0.15) is 290 Å². The van der Waals surface area contributed by atoms with Crippen molar-refractivity contribution in [3.63, 3.8) is 0 Å². The summed E-state index contributed by atoms with van der Waals surface area (Å²) in [6.07, 6.45) is 57.8. The van der Waals surface area contributed by atoms with Crippen LogP contribution in [0.2, 0.25) is 0 Å². The van der Waals surface area contributed by atoms with Crippen molar-refractivity contribution < 1.29 is 31.1 Å². The topological polar surface area (TPSA) is 27.7 Å². The average Bonchev–Trinajstić information content (AvgIpc) is 3.42. The van der Waals surface area contributed by atoms with Gasteiger partial charge >= 0.3 is 36.4 Å². The summed E-state index contributed by atoms with van der Waals surface area (Å²) in [4.78, 5) is 3.91. The second kappa shape index (κ2) is 44.5. The fourth-order valence-corrected chi connectivity index (χ4v) is 11.9. The molecule has 0 unspecified atom stereocenters. The first-order valence-corrected chi connectivity index (χ1v) is 38.7. The fraction of sp³-hybridized carbons (Fsp3) is 0.727. The number of benzene rings is 3. The molecule has 77 heavy (non-hydrogen) atoms. The summed E-state index contributed by atoms with van der Waals surface area (Å²) in [6, 6.07) is 26.8. The van der Waals surface area contributed by atoms with Gasteiger partial charge in [0, 0.05) is 0 Å². The van der Waals surface area contributed by atoms with Crippen molar-refractivity contribution in [2.45, 2.75) is 305 Å². The first-order valence-electron chi connectivity index (χ1n) is 31.7. The molecule has 0 aliphatic heterocycles. The summed E-state index contributed by atoms with van der Waals surface area (Å²) in [6.45, 7) is 9.29. The molecule has 0 amide bonds. The summed E-state index contributed by atoms with van der Waals surface area (Å²) in [5.74, 6) is 2.92. The molecule has 3 aromatic rings. The Kier molecular flexibility index (Phi) is 40.9. The minimum absolute atomic E-state index is 0.258. The summed E-state index contributed by atoms with van der Waals surface area (Å²) < 4.78 is 78.4. The van der Waals surface area contributed by atoms with Crippen molar-refractivity contribution in [1.82, 2.24) is 0 Å². The maximum atomic E-state index is 9.93. The predicted octanol–water partition coefficient (Wildman–Crippen LogP) is 24.5. The van der Waals surface area contributed by atoms with Gasteiger partial charge in [0.05, 0.1) is 30.7 Å². The second-order valence-corrected chi connectivity index (χ2v) is 29.5. The van der Waals surface area contributed by atoms with Crippen LogP contribution < -0.4 is 14.2 Å². The zero-order chi connectivity index (χ0) is 55.9. The minimum atomic E-state index is -11.2. The molecule has 0 bridgehead atoms.